The van der Waals surface area contributed by atoms with Crippen LogP contribution in [0.2, 0.25) is 5.02 Å². The normalized spacial score (nSPS) is 18.4. The van der Waals surface area contributed by atoms with E-state index in [-0.39, 0.29) is 23.9 Å². The number of fused-ring (bicyclic) bond motifs is 1. The number of nitrogens with zero attached hydrogens (tertiary/aromatic N) is 2. The number of likely N-dealkylation sites (tertiary alicyclic amines) is 1. The van der Waals surface area contributed by atoms with Crippen molar-refractivity contribution in [2.75, 3.05) is 25.6 Å². The number of carbonyl (C=O) groups excluding carboxylic acids is 2. The summed E-state index contributed by atoms with van der Waals surface area (Å²) >= 11 is 6.35. The van der Waals surface area contributed by atoms with Crippen LogP contribution >= 0.6 is 11.6 Å². The number of H-pyrrole nitrogens is 1. The summed E-state index contributed by atoms with van der Waals surface area (Å²) in [4.78, 5) is 34.6. The zero-order chi connectivity index (χ0) is 26.1. The fourth-order valence-corrected chi connectivity index (χ4v) is 5.29. The molecule has 2 aliphatic heterocycles. The molecule has 0 radical (unpaired) electrons. The molecular weight excluding hydrogens is 494 g/mol. The Morgan fingerprint density at radius 3 is 2.97 bits per heavy atom. The Morgan fingerprint density at radius 2 is 2.22 bits per heavy atom. The molecule has 9 nitrogen and oxygen atoms in total. The molecule has 5 rings (SSSR count). The average Bonchev–Trinajstić information content (AvgIpc) is 3.25. The van der Waals surface area contributed by atoms with Gasteiger partial charge in [-0.15, -0.1) is 0 Å². The summed E-state index contributed by atoms with van der Waals surface area (Å²) in [6, 6.07) is 7.31. The molecule has 0 saturated carbocycles. The molecule has 4 heterocycles. The number of amides is 2. The van der Waals surface area contributed by atoms with Gasteiger partial charge in [0, 0.05) is 36.5 Å². The van der Waals surface area contributed by atoms with Crippen LogP contribution in [0.15, 0.2) is 49.3 Å². The van der Waals surface area contributed by atoms with Crippen molar-refractivity contribution in [3.63, 3.8) is 0 Å². The fraction of sp³-hybridized carbons (Fsp3) is 0.296. The van der Waals surface area contributed by atoms with E-state index in [4.69, 9.17) is 21.1 Å². The lowest BCUT2D eigenvalue weighted by molar-refractivity contribution is -0.139. The molecule has 0 bridgehead atoms. The third kappa shape index (κ3) is 4.51. The highest BCUT2D eigenvalue weighted by Gasteiger charge is 2.38. The lowest BCUT2D eigenvalue weighted by Crippen LogP contribution is -2.59. The molecule has 2 aromatic heterocycles. The van der Waals surface area contributed by atoms with Crippen LogP contribution in [-0.4, -0.2) is 59.0 Å². The average molecular weight is 522 g/mol. The van der Waals surface area contributed by atoms with E-state index in [1.807, 2.05) is 25.1 Å². The van der Waals surface area contributed by atoms with E-state index in [9.17, 15) is 9.59 Å². The van der Waals surface area contributed by atoms with Gasteiger partial charge in [0.2, 0.25) is 5.91 Å². The molecular formula is C27H28ClN5O4. The number of carbonyl (C=O) groups is 2. The van der Waals surface area contributed by atoms with Crippen LogP contribution in [0.4, 0.5) is 11.4 Å². The molecule has 10 heteroatoms. The Morgan fingerprint density at radius 1 is 1.38 bits per heavy atom. The monoisotopic (exact) mass is 521 g/mol. The van der Waals surface area contributed by atoms with Gasteiger partial charge in [0.1, 0.15) is 12.4 Å². The molecule has 3 aromatic rings. The van der Waals surface area contributed by atoms with E-state index < -0.39 is 0 Å². The summed E-state index contributed by atoms with van der Waals surface area (Å²) < 4.78 is 11.7. The number of para-hydroxylation sites is 1. The molecule has 37 heavy (non-hydrogen) atoms. The number of aromatic amines is 1. The van der Waals surface area contributed by atoms with Gasteiger partial charge >= 0.3 is 0 Å². The largest absolute Gasteiger partial charge is 0.493 e. The molecule has 1 saturated heterocycles. The number of benzene rings is 1. The van der Waals surface area contributed by atoms with E-state index in [0.717, 1.165) is 17.7 Å². The Kier molecular flexibility index (Phi) is 6.80. The summed E-state index contributed by atoms with van der Waals surface area (Å²) in [5.41, 5.74) is 3.97. The summed E-state index contributed by atoms with van der Waals surface area (Å²) in [5, 5.41) is 6.75. The van der Waals surface area contributed by atoms with Crippen LogP contribution in [0.3, 0.4) is 0 Å². The van der Waals surface area contributed by atoms with Crippen molar-refractivity contribution in [3.8, 4) is 22.8 Å². The van der Waals surface area contributed by atoms with Gasteiger partial charge < -0.3 is 30.0 Å². The number of aromatic nitrogens is 2. The van der Waals surface area contributed by atoms with Gasteiger partial charge in [-0.3, -0.25) is 14.6 Å². The van der Waals surface area contributed by atoms with Gasteiger partial charge in [-0.05, 0) is 37.6 Å². The molecule has 1 fully saturated rings. The maximum absolute atomic E-state index is 13.0. The van der Waals surface area contributed by atoms with E-state index in [1.165, 1.54) is 6.08 Å². The SMILES string of the molecule is C=CC(=O)N1[C@@H](COc2cnccc2-c2[nH]c3c(c2Nc2cccc(Cl)c2OC)C(=O)NCC3)C[C@H]1C. The van der Waals surface area contributed by atoms with Crippen LogP contribution in [-0.2, 0) is 11.2 Å². The topological polar surface area (TPSA) is 109 Å². The second-order valence-electron chi connectivity index (χ2n) is 9.05. The smallest absolute Gasteiger partial charge is 0.255 e. The molecule has 0 aliphatic carbocycles. The first-order chi connectivity index (χ1) is 17.9. The lowest BCUT2D eigenvalue weighted by Gasteiger charge is -2.46. The molecule has 2 atom stereocenters. The second kappa shape index (κ2) is 10.2. The first-order valence-corrected chi connectivity index (χ1v) is 12.4. The number of halogens is 1. The number of rotatable bonds is 8. The predicted molar refractivity (Wildman–Crippen MR) is 142 cm³/mol. The first kappa shape index (κ1) is 24.7. The number of nitrogens with one attached hydrogen (secondary N) is 3. The lowest BCUT2D eigenvalue weighted by atomic mass is 9.94. The van der Waals surface area contributed by atoms with Crippen LogP contribution in [0.1, 0.15) is 29.4 Å². The zero-order valence-electron chi connectivity index (χ0n) is 20.6. The summed E-state index contributed by atoms with van der Waals surface area (Å²) in [6.07, 6.45) is 6.13. The quantitative estimate of drug-likeness (QED) is 0.381. The maximum atomic E-state index is 13.0. The number of hydrogen-bond donors (Lipinski definition) is 3. The van der Waals surface area contributed by atoms with Crippen molar-refractivity contribution >= 4 is 34.8 Å². The number of pyridine rings is 1. The Hall–Kier alpha value is -3.98. The van der Waals surface area contributed by atoms with Crippen molar-refractivity contribution < 1.29 is 19.1 Å². The van der Waals surface area contributed by atoms with E-state index in [2.05, 4.69) is 27.2 Å². The molecule has 0 spiro atoms. The highest BCUT2D eigenvalue weighted by molar-refractivity contribution is 6.32. The van der Waals surface area contributed by atoms with Crippen molar-refractivity contribution in [1.29, 1.82) is 0 Å². The summed E-state index contributed by atoms with van der Waals surface area (Å²) in [7, 11) is 1.54. The number of hydrogen-bond acceptors (Lipinski definition) is 6. The zero-order valence-corrected chi connectivity index (χ0v) is 21.4. The van der Waals surface area contributed by atoms with Crippen molar-refractivity contribution in [2.45, 2.75) is 31.8 Å². The number of anilines is 2. The van der Waals surface area contributed by atoms with Crippen LogP contribution in [0.5, 0.6) is 11.5 Å². The minimum atomic E-state index is -0.175. The van der Waals surface area contributed by atoms with Crippen molar-refractivity contribution in [2.24, 2.45) is 0 Å². The fourth-order valence-electron chi connectivity index (χ4n) is 5.04. The highest BCUT2D eigenvalue weighted by Crippen LogP contribution is 2.43. The van der Waals surface area contributed by atoms with Crippen LogP contribution in [0.25, 0.3) is 11.3 Å². The molecule has 1 aromatic carbocycles. The molecule has 2 aliphatic rings. The van der Waals surface area contributed by atoms with E-state index >= 15 is 0 Å². The van der Waals surface area contributed by atoms with Crippen LogP contribution in [0, 0.1) is 0 Å². The van der Waals surface area contributed by atoms with Crippen molar-refractivity contribution in [1.82, 2.24) is 20.2 Å². The minimum absolute atomic E-state index is 0.0514. The Bertz CT molecular complexity index is 1370. The number of methoxy groups -OCH3 is 1. The van der Waals surface area contributed by atoms with E-state index in [1.54, 1.807) is 30.5 Å². The maximum Gasteiger partial charge on any atom is 0.255 e. The molecule has 0 unspecified atom stereocenters. The first-order valence-electron chi connectivity index (χ1n) is 12.1. The third-order valence-corrected chi connectivity index (χ3v) is 7.09. The standard InChI is InChI=1S/C27H28ClN5O4/c1-4-22(34)33-15(2)12-16(33)14-37-21-13-29-10-8-17(21)24-25(23-19(31-24)9-11-30-27(23)35)32-20-7-5-6-18(28)26(20)36-3/h4-8,10,13,15-16,31-32H,1,9,11-12,14H2,2-3H3,(H,30,35)/t15-,16-/m1/s1. The molecule has 192 valence electrons. The van der Waals surface area contributed by atoms with Gasteiger partial charge in [-0.1, -0.05) is 24.2 Å². The third-order valence-electron chi connectivity index (χ3n) is 6.79. The van der Waals surface area contributed by atoms with Crippen LogP contribution < -0.4 is 20.1 Å². The predicted octanol–water partition coefficient (Wildman–Crippen LogP) is 4.32. The summed E-state index contributed by atoms with van der Waals surface area (Å²) in [6.45, 7) is 6.46. The van der Waals surface area contributed by atoms with Gasteiger partial charge in [-0.25, -0.2) is 0 Å². The van der Waals surface area contributed by atoms with Gasteiger partial charge in [0.15, 0.2) is 5.75 Å². The van der Waals surface area contributed by atoms with Gasteiger partial charge in [0.05, 0.1) is 47.0 Å². The Labute approximate surface area is 219 Å². The highest BCUT2D eigenvalue weighted by atomic mass is 35.5. The Balaban J connectivity index is 1.52. The second-order valence-corrected chi connectivity index (χ2v) is 9.46. The summed E-state index contributed by atoms with van der Waals surface area (Å²) in [5.74, 6) is 0.723. The van der Waals surface area contributed by atoms with Crippen molar-refractivity contribution in [3.05, 3.63) is 65.6 Å². The van der Waals surface area contributed by atoms with Gasteiger partial charge in [0.25, 0.3) is 5.91 Å². The van der Waals surface area contributed by atoms with Gasteiger partial charge in [-0.2, -0.15) is 0 Å². The number of ether oxygens (including phenoxy) is 2. The molecule has 2 amide bonds. The minimum Gasteiger partial charge on any atom is -0.493 e. The molecule has 3 N–H and O–H groups in total. The van der Waals surface area contributed by atoms with E-state index in [0.29, 0.717) is 58.7 Å².